The number of ether oxygens (including phenoxy) is 1. The molecule has 0 heterocycles. The number of hydrogen-bond acceptors (Lipinski definition) is 2. The van der Waals surface area contributed by atoms with Crippen LogP contribution in [-0.4, -0.2) is 19.3 Å². The van der Waals surface area contributed by atoms with Crippen molar-refractivity contribution >= 4 is 31.9 Å². The highest BCUT2D eigenvalue weighted by atomic mass is 79.9. The lowest BCUT2D eigenvalue weighted by molar-refractivity contribution is -0.125. The Bertz CT molecular complexity index is 410. The van der Waals surface area contributed by atoms with Crippen LogP contribution in [0, 0.1) is 0 Å². The Labute approximate surface area is 120 Å². The lowest BCUT2D eigenvalue weighted by atomic mass is 10.2. The normalized spacial score (nSPS) is 11.7. The Balaban J connectivity index is 2.79. The smallest absolute Gasteiger partial charge is 0.401 e. The monoisotopic (exact) mass is 389 g/mol. The number of benzene rings is 1. The van der Waals surface area contributed by atoms with E-state index in [9.17, 15) is 13.2 Å². The summed E-state index contributed by atoms with van der Waals surface area (Å²) < 4.78 is 43.1. The van der Waals surface area contributed by atoms with Gasteiger partial charge in [-0.25, -0.2) is 0 Å². The van der Waals surface area contributed by atoms with E-state index in [0.717, 1.165) is 4.47 Å². The SMILES string of the molecule is CCOc1c(Br)cc(Br)cc1CNCC(F)(F)F. The number of alkyl halides is 3. The van der Waals surface area contributed by atoms with Gasteiger partial charge in [-0.3, -0.25) is 0 Å². The maximum absolute atomic E-state index is 12.1. The molecule has 1 aromatic rings. The Kier molecular flexibility index (Phi) is 5.94. The summed E-state index contributed by atoms with van der Waals surface area (Å²) in [6.07, 6.45) is -4.21. The van der Waals surface area contributed by atoms with Crippen molar-refractivity contribution < 1.29 is 17.9 Å². The maximum atomic E-state index is 12.1. The number of nitrogens with one attached hydrogen (secondary N) is 1. The van der Waals surface area contributed by atoms with Gasteiger partial charge in [0.15, 0.2) is 0 Å². The topological polar surface area (TPSA) is 21.3 Å². The highest BCUT2D eigenvalue weighted by molar-refractivity contribution is 9.11. The molecule has 0 aromatic heterocycles. The van der Waals surface area contributed by atoms with Gasteiger partial charge in [0.05, 0.1) is 17.6 Å². The van der Waals surface area contributed by atoms with Crippen LogP contribution in [0.3, 0.4) is 0 Å². The summed E-state index contributed by atoms with van der Waals surface area (Å²) in [5.74, 6) is 0.565. The molecule has 2 nitrogen and oxygen atoms in total. The van der Waals surface area contributed by atoms with Crippen molar-refractivity contribution in [3.05, 3.63) is 26.6 Å². The summed E-state index contributed by atoms with van der Waals surface area (Å²) in [6, 6.07) is 3.53. The van der Waals surface area contributed by atoms with Crippen LogP contribution in [-0.2, 0) is 6.54 Å². The molecule has 0 bridgehead atoms. The highest BCUT2D eigenvalue weighted by Crippen LogP contribution is 2.33. The quantitative estimate of drug-likeness (QED) is 0.810. The summed E-state index contributed by atoms with van der Waals surface area (Å²) >= 11 is 6.62. The first kappa shape index (κ1) is 15.8. The van der Waals surface area contributed by atoms with Crippen molar-refractivity contribution in [1.29, 1.82) is 0 Å². The molecule has 0 atom stereocenters. The van der Waals surface area contributed by atoms with Crippen molar-refractivity contribution in [1.82, 2.24) is 5.32 Å². The largest absolute Gasteiger partial charge is 0.492 e. The minimum absolute atomic E-state index is 0.0902. The van der Waals surface area contributed by atoms with Gasteiger partial charge in [0, 0.05) is 16.6 Å². The average molecular weight is 391 g/mol. The van der Waals surface area contributed by atoms with Crippen LogP contribution in [0.1, 0.15) is 12.5 Å². The lowest BCUT2D eigenvalue weighted by Crippen LogP contribution is -2.28. The number of halogens is 5. The predicted octanol–water partition coefficient (Wildman–Crippen LogP) is 4.26. The van der Waals surface area contributed by atoms with Crippen LogP contribution in [0.15, 0.2) is 21.1 Å². The van der Waals surface area contributed by atoms with E-state index in [-0.39, 0.29) is 6.54 Å². The van der Waals surface area contributed by atoms with E-state index in [4.69, 9.17) is 4.74 Å². The molecule has 7 heteroatoms. The molecule has 1 rings (SSSR count). The first-order chi connectivity index (χ1) is 8.33. The fourth-order valence-corrected chi connectivity index (χ4v) is 2.82. The van der Waals surface area contributed by atoms with Gasteiger partial charge in [0.25, 0.3) is 0 Å². The molecule has 0 saturated heterocycles. The van der Waals surface area contributed by atoms with E-state index in [2.05, 4.69) is 37.2 Å². The van der Waals surface area contributed by atoms with E-state index >= 15 is 0 Å². The van der Waals surface area contributed by atoms with E-state index in [1.54, 1.807) is 12.1 Å². The van der Waals surface area contributed by atoms with Gasteiger partial charge in [-0.1, -0.05) is 15.9 Å². The Morgan fingerprint density at radius 1 is 1.28 bits per heavy atom. The summed E-state index contributed by atoms with van der Waals surface area (Å²) in [4.78, 5) is 0. The second-order valence-electron chi connectivity index (χ2n) is 3.53. The second kappa shape index (κ2) is 6.77. The lowest BCUT2D eigenvalue weighted by Gasteiger charge is -2.14. The van der Waals surface area contributed by atoms with Crippen LogP contribution in [0.25, 0.3) is 0 Å². The zero-order chi connectivity index (χ0) is 13.8. The standard InChI is InChI=1S/C11H12Br2F3NO/c1-2-18-10-7(3-8(12)4-9(10)13)5-17-6-11(14,15)16/h3-4,17H,2,5-6H2,1H3. The van der Waals surface area contributed by atoms with Crippen molar-refractivity contribution in [2.75, 3.05) is 13.2 Å². The van der Waals surface area contributed by atoms with Gasteiger partial charge < -0.3 is 10.1 Å². The second-order valence-corrected chi connectivity index (χ2v) is 5.30. The molecule has 102 valence electrons. The van der Waals surface area contributed by atoms with Crippen molar-refractivity contribution in [3.8, 4) is 5.75 Å². The summed E-state index contributed by atoms with van der Waals surface area (Å²) in [7, 11) is 0. The van der Waals surface area contributed by atoms with Crippen LogP contribution >= 0.6 is 31.9 Å². The molecule has 0 aliphatic heterocycles. The molecule has 18 heavy (non-hydrogen) atoms. The molecular formula is C11H12Br2F3NO. The molecule has 0 radical (unpaired) electrons. The number of hydrogen-bond donors (Lipinski definition) is 1. The molecule has 0 amide bonds. The van der Waals surface area contributed by atoms with Gasteiger partial charge in [0.1, 0.15) is 5.75 Å². The van der Waals surface area contributed by atoms with Gasteiger partial charge in [-0.05, 0) is 35.0 Å². The molecule has 0 fully saturated rings. The minimum atomic E-state index is -4.21. The minimum Gasteiger partial charge on any atom is -0.492 e. The van der Waals surface area contributed by atoms with Crippen molar-refractivity contribution in [2.24, 2.45) is 0 Å². The molecule has 0 unspecified atom stereocenters. The fourth-order valence-electron chi connectivity index (χ4n) is 1.39. The van der Waals surface area contributed by atoms with Gasteiger partial charge in [0.2, 0.25) is 0 Å². The summed E-state index contributed by atoms with van der Waals surface area (Å²) in [5, 5.41) is 2.35. The van der Waals surface area contributed by atoms with Crippen molar-refractivity contribution in [2.45, 2.75) is 19.6 Å². The first-order valence-corrected chi connectivity index (χ1v) is 6.80. The summed E-state index contributed by atoms with van der Waals surface area (Å²) in [6.45, 7) is 1.34. The van der Waals surface area contributed by atoms with Crippen LogP contribution in [0.5, 0.6) is 5.75 Å². The van der Waals surface area contributed by atoms with Gasteiger partial charge >= 0.3 is 6.18 Å². The summed E-state index contributed by atoms with van der Waals surface area (Å²) in [5.41, 5.74) is 0.669. The molecule has 0 saturated carbocycles. The van der Waals surface area contributed by atoms with E-state index in [0.29, 0.717) is 22.4 Å². The highest BCUT2D eigenvalue weighted by Gasteiger charge is 2.26. The van der Waals surface area contributed by atoms with Crippen LogP contribution in [0.2, 0.25) is 0 Å². The molecule has 0 aliphatic rings. The third kappa shape index (κ3) is 5.16. The van der Waals surface area contributed by atoms with Gasteiger partial charge in [-0.15, -0.1) is 0 Å². The first-order valence-electron chi connectivity index (χ1n) is 5.21. The van der Waals surface area contributed by atoms with Crippen molar-refractivity contribution in [3.63, 3.8) is 0 Å². The molecule has 1 aromatic carbocycles. The van der Waals surface area contributed by atoms with Crippen LogP contribution < -0.4 is 10.1 Å². The molecule has 0 spiro atoms. The third-order valence-corrected chi connectivity index (χ3v) is 3.06. The zero-order valence-electron chi connectivity index (χ0n) is 9.57. The van der Waals surface area contributed by atoms with E-state index < -0.39 is 12.7 Å². The maximum Gasteiger partial charge on any atom is 0.401 e. The predicted molar refractivity (Wildman–Crippen MR) is 70.8 cm³/mol. The Morgan fingerprint density at radius 3 is 2.50 bits per heavy atom. The Morgan fingerprint density at radius 2 is 1.94 bits per heavy atom. The van der Waals surface area contributed by atoms with Gasteiger partial charge in [-0.2, -0.15) is 13.2 Å². The van der Waals surface area contributed by atoms with E-state index in [1.165, 1.54) is 0 Å². The Hall–Kier alpha value is -0.270. The fraction of sp³-hybridized carbons (Fsp3) is 0.455. The number of rotatable bonds is 5. The molecule has 0 aliphatic carbocycles. The van der Waals surface area contributed by atoms with E-state index in [1.807, 2.05) is 6.92 Å². The average Bonchev–Trinajstić information content (AvgIpc) is 2.21. The third-order valence-electron chi connectivity index (χ3n) is 2.01. The molecule has 1 N–H and O–H groups in total. The molecular weight excluding hydrogens is 379 g/mol. The van der Waals surface area contributed by atoms with Crippen LogP contribution in [0.4, 0.5) is 13.2 Å². The zero-order valence-corrected chi connectivity index (χ0v) is 12.7.